The second-order valence-corrected chi connectivity index (χ2v) is 11.1. The van der Waals surface area contributed by atoms with E-state index in [1.807, 2.05) is 0 Å². The van der Waals surface area contributed by atoms with Crippen LogP contribution in [0.2, 0.25) is 0 Å². The third-order valence-electron chi connectivity index (χ3n) is 6.15. The molecule has 4 rings (SSSR count). The minimum Gasteiger partial charge on any atom is -0.326 e. The Balaban J connectivity index is 1.64. The second-order valence-electron chi connectivity index (χ2n) is 9.10. The maximum Gasteiger partial charge on any atom is 0.343 e. The number of anilines is 2. The van der Waals surface area contributed by atoms with Crippen LogP contribution in [-0.2, 0) is 16.4 Å². The number of alkyl halides is 1. The van der Waals surface area contributed by atoms with E-state index in [4.69, 9.17) is 5.73 Å². The summed E-state index contributed by atoms with van der Waals surface area (Å²) in [4.78, 5) is 13.4. The van der Waals surface area contributed by atoms with E-state index >= 15 is 4.39 Å². The van der Waals surface area contributed by atoms with Gasteiger partial charge in [0.15, 0.2) is 21.5 Å². The fourth-order valence-electron chi connectivity index (χ4n) is 4.05. The Hall–Kier alpha value is -4.35. The molecule has 4 aromatic carbocycles. The number of hydrazine groups is 1. The zero-order valence-corrected chi connectivity index (χ0v) is 22.5. The normalized spacial score (nSPS) is 12.1. The first-order valence-electron chi connectivity index (χ1n) is 12.1. The number of halogens is 3. The Bertz CT molecular complexity index is 1650. The highest BCUT2D eigenvalue weighted by Gasteiger charge is 2.30. The molecule has 208 valence electrons. The average molecular weight is 569 g/mol. The average Bonchev–Trinajstić information content (AvgIpc) is 2.94. The van der Waals surface area contributed by atoms with Crippen molar-refractivity contribution in [1.82, 2.24) is 5.01 Å². The minimum atomic E-state index is -3.49. The van der Waals surface area contributed by atoms with Gasteiger partial charge in [-0.25, -0.2) is 26.4 Å². The van der Waals surface area contributed by atoms with Crippen molar-refractivity contribution in [3.8, 4) is 11.1 Å². The fourth-order valence-corrected chi connectivity index (χ4v) is 4.96. The van der Waals surface area contributed by atoms with Gasteiger partial charge >= 0.3 is 6.03 Å². The van der Waals surface area contributed by atoms with Crippen LogP contribution in [0.25, 0.3) is 11.1 Å². The molecule has 0 radical (unpaired) electrons. The molecule has 0 fully saturated rings. The number of carbonyl (C=O) groups excluding carboxylic acids is 1. The predicted molar refractivity (Wildman–Crippen MR) is 149 cm³/mol. The largest absolute Gasteiger partial charge is 0.343 e. The van der Waals surface area contributed by atoms with Crippen LogP contribution < -0.4 is 16.5 Å². The number of rotatable bonds is 8. The molecule has 0 aliphatic rings. The van der Waals surface area contributed by atoms with E-state index in [1.54, 1.807) is 54.6 Å². The molecule has 11 heteroatoms. The van der Waals surface area contributed by atoms with Gasteiger partial charge in [0.2, 0.25) is 6.30 Å². The monoisotopic (exact) mass is 568 g/mol. The van der Waals surface area contributed by atoms with E-state index < -0.39 is 39.4 Å². The summed E-state index contributed by atoms with van der Waals surface area (Å²) in [5.74, 6) is -2.62. The maximum atomic E-state index is 15.7. The molecule has 1 unspecified atom stereocenters. The lowest BCUT2D eigenvalue weighted by molar-refractivity contribution is 0.130. The summed E-state index contributed by atoms with van der Waals surface area (Å²) in [6.45, 7) is 1.53. The van der Waals surface area contributed by atoms with Crippen LogP contribution >= 0.6 is 0 Å². The molecule has 7 nitrogen and oxygen atoms in total. The molecular weight excluding hydrogens is 541 g/mol. The summed E-state index contributed by atoms with van der Waals surface area (Å²) < 4.78 is 69.0. The number of carbonyl (C=O) groups is 1. The van der Waals surface area contributed by atoms with Gasteiger partial charge in [0.05, 0.1) is 10.6 Å². The highest BCUT2D eigenvalue weighted by atomic mass is 32.2. The van der Waals surface area contributed by atoms with Crippen molar-refractivity contribution in [2.24, 2.45) is 5.73 Å². The van der Waals surface area contributed by atoms with Gasteiger partial charge in [0.25, 0.3) is 0 Å². The van der Waals surface area contributed by atoms with E-state index in [9.17, 15) is 22.0 Å². The van der Waals surface area contributed by atoms with E-state index in [0.29, 0.717) is 27.4 Å². The minimum absolute atomic E-state index is 0.00871. The molecule has 0 aliphatic carbocycles. The molecule has 0 bridgehead atoms. The highest BCUT2D eigenvalue weighted by molar-refractivity contribution is 7.90. The Morgan fingerprint density at radius 3 is 2.30 bits per heavy atom. The molecule has 40 heavy (non-hydrogen) atoms. The van der Waals surface area contributed by atoms with Gasteiger partial charge in [-0.2, -0.15) is 5.01 Å². The van der Waals surface area contributed by atoms with Crippen molar-refractivity contribution in [2.45, 2.75) is 24.7 Å². The van der Waals surface area contributed by atoms with Gasteiger partial charge in [0, 0.05) is 29.6 Å². The molecule has 1 atom stereocenters. The molecule has 0 aliphatic heterocycles. The molecule has 0 heterocycles. The van der Waals surface area contributed by atoms with Gasteiger partial charge in [-0.1, -0.05) is 54.6 Å². The highest BCUT2D eigenvalue weighted by Crippen LogP contribution is 2.31. The first-order chi connectivity index (χ1) is 19.0. The zero-order chi connectivity index (χ0) is 29.0. The number of benzene rings is 4. The van der Waals surface area contributed by atoms with E-state index in [-0.39, 0.29) is 22.7 Å². The number of hydrogen-bond donors (Lipinski definition) is 3. The smallest absolute Gasteiger partial charge is 0.326 e. The van der Waals surface area contributed by atoms with Gasteiger partial charge in [-0.05, 0) is 53.9 Å². The fraction of sp³-hybridized carbons (Fsp3) is 0.138. The van der Waals surface area contributed by atoms with Gasteiger partial charge in [0.1, 0.15) is 0 Å². The van der Waals surface area contributed by atoms with Crippen LogP contribution in [0.1, 0.15) is 23.0 Å². The molecular formula is C29H27F3N4O3S. The molecule has 0 saturated carbocycles. The van der Waals surface area contributed by atoms with Gasteiger partial charge in [-0.3, -0.25) is 5.43 Å². The van der Waals surface area contributed by atoms with E-state index in [0.717, 1.165) is 12.3 Å². The van der Waals surface area contributed by atoms with Gasteiger partial charge < -0.3 is 11.1 Å². The lowest BCUT2D eigenvalue weighted by Crippen LogP contribution is -2.41. The van der Waals surface area contributed by atoms with Crippen LogP contribution in [0.4, 0.5) is 29.3 Å². The summed E-state index contributed by atoms with van der Waals surface area (Å²) in [6, 6.07) is 20.5. The first-order valence-corrected chi connectivity index (χ1v) is 14.0. The molecule has 0 aromatic heterocycles. The molecule has 0 saturated heterocycles. The third-order valence-corrected chi connectivity index (χ3v) is 7.31. The van der Waals surface area contributed by atoms with E-state index in [1.165, 1.54) is 31.2 Å². The number of sulfone groups is 1. The number of nitrogens with one attached hydrogen (secondary N) is 2. The summed E-state index contributed by atoms with van der Waals surface area (Å²) in [6.07, 6.45) is -1.31. The lowest BCUT2D eigenvalue weighted by Gasteiger charge is -2.28. The number of nitrogens with zero attached hydrogens (tertiary/aromatic N) is 1. The number of urea groups is 1. The SMILES string of the molecule is Cc1ccc(C(F)N(Nc2cccc(CN)c2)C(=O)Nc2ccc(-c3ccccc3S(C)(=O)=O)cc2)c(F)c1F. The van der Waals surface area contributed by atoms with Crippen LogP contribution in [0.15, 0.2) is 89.8 Å². The predicted octanol–water partition coefficient (Wildman–Crippen LogP) is 6.33. The van der Waals surface area contributed by atoms with Crippen molar-refractivity contribution < 1.29 is 26.4 Å². The first kappa shape index (κ1) is 28.7. The van der Waals surface area contributed by atoms with Crippen LogP contribution in [0.5, 0.6) is 0 Å². The van der Waals surface area contributed by atoms with E-state index in [2.05, 4.69) is 10.7 Å². The summed E-state index contributed by atoms with van der Waals surface area (Å²) in [7, 11) is -3.49. The summed E-state index contributed by atoms with van der Waals surface area (Å²) in [5, 5.41) is 3.05. The van der Waals surface area contributed by atoms with Crippen molar-refractivity contribution in [2.75, 3.05) is 17.0 Å². The van der Waals surface area contributed by atoms with Crippen LogP contribution in [0.3, 0.4) is 0 Å². The number of hydrogen-bond acceptors (Lipinski definition) is 5. The summed E-state index contributed by atoms with van der Waals surface area (Å²) in [5.41, 5.74) is 9.92. The number of nitrogens with two attached hydrogens (primary N) is 1. The third kappa shape index (κ3) is 6.27. The molecule has 2 amide bonds. The number of aryl methyl sites for hydroxylation is 1. The Morgan fingerprint density at radius 2 is 1.62 bits per heavy atom. The van der Waals surface area contributed by atoms with Crippen molar-refractivity contribution in [3.05, 3.63) is 113 Å². The second kappa shape index (κ2) is 11.8. The zero-order valence-electron chi connectivity index (χ0n) is 21.7. The number of amides is 2. The topological polar surface area (TPSA) is 105 Å². The van der Waals surface area contributed by atoms with Crippen molar-refractivity contribution >= 4 is 27.2 Å². The molecule has 0 spiro atoms. The lowest BCUT2D eigenvalue weighted by atomic mass is 10.1. The van der Waals surface area contributed by atoms with Crippen LogP contribution in [0, 0.1) is 18.6 Å². The Kier molecular flexibility index (Phi) is 8.46. The quantitative estimate of drug-likeness (QED) is 0.170. The van der Waals surface area contributed by atoms with Crippen molar-refractivity contribution in [3.63, 3.8) is 0 Å². The standard InChI is InChI=1S/C29H27F3N4O3S/c1-18-10-15-24(27(31)26(18)30)28(32)36(35-22-7-5-6-19(16-22)17-33)29(37)34-21-13-11-20(12-14-21)23-8-3-4-9-25(23)40(2,38)39/h3-16,28,35H,17,33H2,1-2H3,(H,34,37). The van der Waals surface area contributed by atoms with Gasteiger partial charge in [-0.15, -0.1) is 0 Å². The summed E-state index contributed by atoms with van der Waals surface area (Å²) >= 11 is 0. The maximum absolute atomic E-state index is 15.7. The van der Waals surface area contributed by atoms with Crippen LogP contribution in [-0.4, -0.2) is 25.7 Å². The molecule has 4 N–H and O–H groups in total. The Morgan fingerprint density at radius 1 is 0.925 bits per heavy atom. The molecule has 4 aromatic rings. The Labute approximate surface area is 230 Å². The van der Waals surface area contributed by atoms with Crippen molar-refractivity contribution in [1.29, 1.82) is 0 Å².